The number of nitrogens with two attached hydrogens (primary N) is 1. The lowest BCUT2D eigenvalue weighted by Gasteiger charge is -2.17. The molecule has 2 N–H and O–H groups in total. The monoisotopic (exact) mass is 191 g/mol. The van der Waals surface area contributed by atoms with Crippen LogP contribution in [0.5, 0.6) is 0 Å². The van der Waals surface area contributed by atoms with E-state index in [-0.39, 0.29) is 0 Å². The highest BCUT2D eigenvalue weighted by Crippen LogP contribution is 2.26. The Labute approximate surface area is 87.3 Å². The maximum atomic E-state index is 5.97. The Morgan fingerprint density at radius 2 is 1.86 bits per heavy atom. The smallest absolute Gasteiger partial charge is 0.0349 e. The van der Waals surface area contributed by atoms with Gasteiger partial charge < -0.3 is 5.73 Å². The summed E-state index contributed by atoms with van der Waals surface area (Å²) in [6.07, 6.45) is 1.02. The number of hydrogen-bond acceptors (Lipinski definition) is 1. The van der Waals surface area contributed by atoms with Crippen LogP contribution in [0, 0.1) is 5.92 Å². The lowest BCUT2D eigenvalue weighted by molar-refractivity contribution is 0.535. The molecule has 0 heterocycles. The number of nitrogen functional groups attached to an aromatic ring is 1. The molecule has 0 fully saturated rings. The van der Waals surface area contributed by atoms with Crippen LogP contribution in [0.15, 0.2) is 18.2 Å². The third kappa shape index (κ3) is 2.28. The first-order valence-corrected chi connectivity index (χ1v) is 5.44. The van der Waals surface area contributed by atoms with Gasteiger partial charge in [-0.2, -0.15) is 0 Å². The van der Waals surface area contributed by atoms with E-state index in [1.807, 2.05) is 0 Å². The van der Waals surface area contributed by atoms with Crippen LogP contribution in [0.2, 0.25) is 0 Å². The van der Waals surface area contributed by atoms with Crippen LogP contribution in [0.25, 0.3) is 0 Å². The van der Waals surface area contributed by atoms with Gasteiger partial charge in [0.2, 0.25) is 0 Å². The molecule has 14 heavy (non-hydrogen) atoms. The van der Waals surface area contributed by atoms with Crippen molar-refractivity contribution in [1.82, 2.24) is 0 Å². The third-order valence-corrected chi connectivity index (χ3v) is 3.08. The predicted octanol–water partition coefficient (Wildman–Crippen LogP) is 3.59. The van der Waals surface area contributed by atoms with Crippen LogP contribution in [-0.4, -0.2) is 0 Å². The summed E-state index contributed by atoms with van der Waals surface area (Å²) in [6.45, 7) is 8.88. The highest BCUT2D eigenvalue weighted by Gasteiger charge is 2.10. The van der Waals surface area contributed by atoms with Crippen LogP contribution in [0.1, 0.15) is 44.7 Å². The fourth-order valence-corrected chi connectivity index (χ4v) is 1.60. The predicted molar refractivity (Wildman–Crippen MR) is 63.5 cm³/mol. The van der Waals surface area contributed by atoms with E-state index in [4.69, 9.17) is 5.73 Å². The van der Waals surface area contributed by atoms with Gasteiger partial charge in [-0.05, 0) is 35.4 Å². The standard InChI is InChI=1S/C13H21N/c1-5-11-6-7-12(8-13(11)14)10(4)9(2)3/h6-10H,5,14H2,1-4H3. The SMILES string of the molecule is CCc1ccc(C(C)C(C)C)cc1N. The van der Waals surface area contributed by atoms with E-state index in [2.05, 4.69) is 45.9 Å². The summed E-state index contributed by atoms with van der Waals surface area (Å²) in [4.78, 5) is 0. The first-order valence-electron chi connectivity index (χ1n) is 5.44. The summed E-state index contributed by atoms with van der Waals surface area (Å²) in [5.74, 6) is 1.25. The van der Waals surface area contributed by atoms with Crippen molar-refractivity contribution in [3.63, 3.8) is 0 Å². The maximum Gasteiger partial charge on any atom is 0.0349 e. The second kappa shape index (κ2) is 4.50. The van der Waals surface area contributed by atoms with Crippen molar-refractivity contribution < 1.29 is 0 Å². The lowest BCUT2D eigenvalue weighted by Crippen LogP contribution is -2.03. The summed E-state index contributed by atoms with van der Waals surface area (Å²) in [7, 11) is 0. The van der Waals surface area contributed by atoms with Gasteiger partial charge in [-0.25, -0.2) is 0 Å². The largest absolute Gasteiger partial charge is 0.398 e. The zero-order valence-corrected chi connectivity index (χ0v) is 9.67. The normalized spacial score (nSPS) is 13.2. The Morgan fingerprint density at radius 3 is 2.29 bits per heavy atom. The highest BCUT2D eigenvalue weighted by atomic mass is 14.6. The van der Waals surface area contributed by atoms with E-state index in [9.17, 15) is 0 Å². The molecular weight excluding hydrogens is 170 g/mol. The van der Waals surface area contributed by atoms with Crippen LogP contribution in [-0.2, 0) is 6.42 Å². The minimum Gasteiger partial charge on any atom is -0.398 e. The Kier molecular flexibility index (Phi) is 3.56. The number of rotatable bonds is 3. The molecule has 0 amide bonds. The van der Waals surface area contributed by atoms with E-state index in [0.29, 0.717) is 11.8 Å². The van der Waals surface area contributed by atoms with E-state index < -0.39 is 0 Å². The molecular formula is C13H21N. The van der Waals surface area contributed by atoms with Crippen molar-refractivity contribution in [2.45, 2.75) is 40.0 Å². The Bertz CT molecular complexity index is 302. The fraction of sp³-hybridized carbons (Fsp3) is 0.538. The number of hydrogen-bond donors (Lipinski definition) is 1. The molecule has 1 rings (SSSR count). The van der Waals surface area contributed by atoms with Crippen molar-refractivity contribution in [2.24, 2.45) is 5.92 Å². The quantitative estimate of drug-likeness (QED) is 0.726. The van der Waals surface area contributed by atoms with Gasteiger partial charge in [0, 0.05) is 5.69 Å². The van der Waals surface area contributed by atoms with Crippen molar-refractivity contribution in [2.75, 3.05) is 5.73 Å². The van der Waals surface area contributed by atoms with E-state index in [1.54, 1.807) is 0 Å². The average molecular weight is 191 g/mol. The van der Waals surface area contributed by atoms with Crippen LogP contribution >= 0.6 is 0 Å². The van der Waals surface area contributed by atoms with Gasteiger partial charge in [-0.3, -0.25) is 0 Å². The van der Waals surface area contributed by atoms with Gasteiger partial charge >= 0.3 is 0 Å². The molecule has 1 aromatic rings. The zero-order valence-electron chi connectivity index (χ0n) is 9.67. The molecule has 0 bridgehead atoms. The summed E-state index contributed by atoms with van der Waals surface area (Å²) >= 11 is 0. The third-order valence-electron chi connectivity index (χ3n) is 3.08. The van der Waals surface area contributed by atoms with Crippen molar-refractivity contribution in [1.29, 1.82) is 0 Å². The van der Waals surface area contributed by atoms with E-state index in [0.717, 1.165) is 12.1 Å². The molecule has 0 aliphatic rings. The number of anilines is 1. The van der Waals surface area contributed by atoms with Gasteiger partial charge in [0.05, 0.1) is 0 Å². The molecule has 0 aliphatic carbocycles. The van der Waals surface area contributed by atoms with E-state index >= 15 is 0 Å². The first-order chi connectivity index (χ1) is 6.56. The number of benzene rings is 1. The summed E-state index contributed by atoms with van der Waals surface area (Å²) in [6, 6.07) is 6.49. The maximum absolute atomic E-state index is 5.97. The molecule has 1 unspecified atom stereocenters. The molecule has 0 saturated heterocycles. The summed E-state index contributed by atoms with van der Waals surface area (Å²) < 4.78 is 0. The molecule has 78 valence electrons. The van der Waals surface area contributed by atoms with Crippen LogP contribution in [0.3, 0.4) is 0 Å². The van der Waals surface area contributed by atoms with Crippen molar-refractivity contribution in [3.8, 4) is 0 Å². The number of aryl methyl sites for hydroxylation is 1. The second-order valence-electron chi connectivity index (χ2n) is 4.34. The first kappa shape index (κ1) is 11.1. The van der Waals surface area contributed by atoms with Crippen LogP contribution in [0.4, 0.5) is 5.69 Å². The molecule has 0 saturated carbocycles. The average Bonchev–Trinajstić information content (AvgIpc) is 2.16. The molecule has 1 aromatic carbocycles. The lowest BCUT2D eigenvalue weighted by atomic mass is 9.89. The molecule has 1 heteroatoms. The topological polar surface area (TPSA) is 26.0 Å². The van der Waals surface area contributed by atoms with E-state index in [1.165, 1.54) is 11.1 Å². The fourth-order valence-electron chi connectivity index (χ4n) is 1.60. The summed E-state index contributed by atoms with van der Waals surface area (Å²) in [5.41, 5.74) is 9.52. The van der Waals surface area contributed by atoms with Crippen LogP contribution < -0.4 is 5.73 Å². The van der Waals surface area contributed by atoms with Gasteiger partial charge in [-0.1, -0.05) is 39.8 Å². The second-order valence-corrected chi connectivity index (χ2v) is 4.34. The Hall–Kier alpha value is -0.980. The van der Waals surface area contributed by atoms with Gasteiger partial charge in [0.25, 0.3) is 0 Å². The van der Waals surface area contributed by atoms with Crippen molar-refractivity contribution in [3.05, 3.63) is 29.3 Å². The highest BCUT2D eigenvalue weighted by molar-refractivity contribution is 5.49. The zero-order chi connectivity index (χ0) is 10.7. The van der Waals surface area contributed by atoms with Gasteiger partial charge in [-0.15, -0.1) is 0 Å². The molecule has 1 nitrogen and oxygen atoms in total. The summed E-state index contributed by atoms with van der Waals surface area (Å²) in [5, 5.41) is 0. The Balaban J connectivity index is 2.96. The molecule has 0 aromatic heterocycles. The van der Waals surface area contributed by atoms with Gasteiger partial charge in [0.15, 0.2) is 0 Å². The molecule has 1 atom stereocenters. The molecule has 0 radical (unpaired) electrons. The Morgan fingerprint density at radius 1 is 1.21 bits per heavy atom. The molecule has 0 spiro atoms. The minimum atomic E-state index is 0.586. The molecule has 0 aliphatic heterocycles. The van der Waals surface area contributed by atoms with Gasteiger partial charge in [0.1, 0.15) is 0 Å². The van der Waals surface area contributed by atoms with Crippen molar-refractivity contribution >= 4 is 5.69 Å². The minimum absolute atomic E-state index is 0.586.